The van der Waals surface area contributed by atoms with E-state index in [4.69, 9.17) is 4.74 Å². The van der Waals surface area contributed by atoms with E-state index < -0.39 is 0 Å². The van der Waals surface area contributed by atoms with Crippen LogP contribution in [0.5, 0.6) is 5.88 Å². The van der Waals surface area contributed by atoms with Gasteiger partial charge in [0.25, 0.3) is 5.91 Å². The maximum Gasteiger partial charge on any atom is 0.283 e. The van der Waals surface area contributed by atoms with Gasteiger partial charge in [-0.1, -0.05) is 12.1 Å². The molecule has 1 aromatic carbocycles. The van der Waals surface area contributed by atoms with Gasteiger partial charge in [-0.3, -0.25) is 4.79 Å². The van der Waals surface area contributed by atoms with Crippen LogP contribution in [-0.2, 0) is 0 Å². The van der Waals surface area contributed by atoms with Crippen LogP contribution in [0.3, 0.4) is 0 Å². The summed E-state index contributed by atoms with van der Waals surface area (Å²) in [7, 11) is 0. The summed E-state index contributed by atoms with van der Waals surface area (Å²) in [6.07, 6.45) is 2.42. The lowest BCUT2D eigenvalue weighted by Gasteiger charge is -2.15. The van der Waals surface area contributed by atoms with Crippen LogP contribution in [0.2, 0.25) is 0 Å². The molecule has 0 bridgehead atoms. The first-order valence-electron chi connectivity index (χ1n) is 7.80. The van der Waals surface area contributed by atoms with Gasteiger partial charge in [0.15, 0.2) is 5.01 Å². The fourth-order valence-corrected chi connectivity index (χ4v) is 3.71. The number of aryl methyl sites for hydroxylation is 1. The number of nitrogens with zero attached hydrogens (tertiary/aromatic N) is 4. The molecule has 7 heteroatoms. The molecule has 1 fully saturated rings. The molecule has 2 aromatic heterocycles. The predicted octanol–water partition coefficient (Wildman–Crippen LogP) is 2.69. The van der Waals surface area contributed by atoms with Gasteiger partial charge < -0.3 is 9.64 Å². The van der Waals surface area contributed by atoms with Gasteiger partial charge in [-0.15, -0.1) is 11.3 Å². The van der Waals surface area contributed by atoms with Gasteiger partial charge in [0.05, 0.1) is 16.8 Å². The molecule has 1 saturated heterocycles. The standard InChI is InChI=1S/C17H16N4O2S/c1-11-18-8-6-15(19-11)23-12-7-9-21(10-12)17(22)16-20-13-4-2-3-5-14(13)24-16/h2-6,8,12H,7,9-10H2,1H3/t12-/m1/s1. The lowest BCUT2D eigenvalue weighted by molar-refractivity contribution is 0.0771. The van der Waals surface area contributed by atoms with Crippen LogP contribution in [0.1, 0.15) is 22.0 Å². The molecule has 0 saturated carbocycles. The Hall–Kier alpha value is -2.54. The highest BCUT2D eigenvalue weighted by Crippen LogP contribution is 2.24. The van der Waals surface area contributed by atoms with Gasteiger partial charge in [0.2, 0.25) is 5.88 Å². The number of fused-ring (bicyclic) bond motifs is 1. The van der Waals surface area contributed by atoms with Crippen molar-refractivity contribution in [3.05, 3.63) is 47.4 Å². The summed E-state index contributed by atoms with van der Waals surface area (Å²) in [6, 6.07) is 9.54. The highest BCUT2D eigenvalue weighted by molar-refractivity contribution is 7.20. The molecule has 4 rings (SSSR count). The maximum absolute atomic E-state index is 12.7. The number of likely N-dealkylation sites (tertiary alicyclic amines) is 1. The predicted molar refractivity (Wildman–Crippen MR) is 91.3 cm³/mol. The molecule has 1 atom stereocenters. The van der Waals surface area contributed by atoms with E-state index in [0.717, 1.165) is 16.6 Å². The number of rotatable bonds is 3. The normalized spacial score (nSPS) is 17.4. The van der Waals surface area contributed by atoms with E-state index in [1.54, 1.807) is 17.2 Å². The second-order valence-corrected chi connectivity index (χ2v) is 6.74. The molecular formula is C17H16N4O2S. The molecular weight excluding hydrogens is 324 g/mol. The van der Waals surface area contributed by atoms with Crippen LogP contribution >= 0.6 is 11.3 Å². The van der Waals surface area contributed by atoms with Crippen molar-refractivity contribution in [2.45, 2.75) is 19.4 Å². The zero-order valence-corrected chi connectivity index (χ0v) is 14.0. The topological polar surface area (TPSA) is 68.2 Å². The lowest BCUT2D eigenvalue weighted by atomic mass is 10.3. The lowest BCUT2D eigenvalue weighted by Crippen LogP contribution is -2.30. The summed E-state index contributed by atoms with van der Waals surface area (Å²) < 4.78 is 6.90. The van der Waals surface area contributed by atoms with Crippen molar-refractivity contribution in [2.24, 2.45) is 0 Å². The molecule has 0 aliphatic carbocycles. The third kappa shape index (κ3) is 2.94. The second-order valence-electron chi connectivity index (χ2n) is 5.71. The van der Waals surface area contributed by atoms with Gasteiger partial charge in [0, 0.05) is 25.2 Å². The molecule has 0 N–H and O–H groups in total. The number of para-hydroxylation sites is 1. The van der Waals surface area contributed by atoms with Crippen LogP contribution in [0.25, 0.3) is 10.2 Å². The van der Waals surface area contributed by atoms with Gasteiger partial charge in [-0.25, -0.2) is 9.97 Å². The number of amides is 1. The number of ether oxygens (including phenoxy) is 1. The average Bonchev–Trinajstić information content (AvgIpc) is 3.20. The molecule has 1 aliphatic rings. The quantitative estimate of drug-likeness (QED) is 0.733. The van der Waals surface area contributed by atoms with E-state index in [1.807, 2.05) is 31.2 Å². The first kappa shape index (κ1) is 15.0. The summed E-state index contributed by atoms with van der Waals surface area (Å²) in [5, 5.41) is 0.537. The second kappa shape index (κ2) is 6.16. The molecule has 1 amide bonds. The Balaban J connectivity index is 1.45. The van der Waals surface area contributed by atoms with Crippen LogP contribution in [0, 0.1) is 6.92 Å². The molecule has 1 aliphatic heterocycles. The van der Waals surface area contributed by atoms with E-state index in [-0.39, 0.29) is 12.0 Å². The van der Waals surface area contributed by atoms with Crippen molar-refractivity contribution in [1.29, 1.82) is 0 Å². The Kier molecular flexibility index (Phi) is 3.86. The Bertz CT molecular complexity index is 862. The number of carbonyl (C=O) groups is 1. The van der Waals surface area contributed by atoms with Crippen LogP contribution < -0.4 is 4.74 Å². The Morgan fingerprint density at radius 2 is 2.17 bits per heavy atom. The molecule has 122 valence electrons. The molecule has 6 nitrogen and oxygen atoms in total. The summed E-state index contributed by atoms with van der Waals surface area (Å²) >= 11 is 1.44. The van der Waals surface area contributed by atoms with E-state index in [9.17, 15) is 4.79 Å². The average molecular weight is 340 g/mol. The van der Waals surface area contributed by atoms with Gasteiger partial charge in [-0.05, 0) is 19.1 Å². The Morgan fingerprint density at radius 1 is 1.29 bits per heavy atom. The minimum absolute atomic E-state index is 0.0267. The zero-order chi connectivity index (χ0) is 16.5. The Morgan fingerprint density at radius 3 is 3.00 bits per heavy atom. The maximum atomic E-state index is 12.7. The van der Waals surface area contributed by atoms with Crippen molar-refractivity contribution >= 4 is 27.5 Å². The van der Waals surface area contributed by atoms with Crippen molar-refractivity contribution in [1.82, 2.24) is 19.9 Å². The van der Waals surface area contributed by atoms with Gasteiger partial charge in [0.1, 0.15) is 11.9 Å². The molecule has 0 radical (unpaired) electrons. The van der Waals surface area contributed by atoms with E-state index >= 15 is 0 Å². The van der Waals surface area contributed by atoms with Crippen molar-refractivity contribution in [3.63, 3.8) is 0 Å². The summed E-state index contributed by atoms with van der Waals surface area (Å²) in [5.41, 5.74) is 0.870. The molecule has 24 heavy (non-hydrogen) atoms. The number of hydrogen-bond donors (Lipinski definition) is 0. The van der Waals surface area contributed by atoms with E-state index in [1.165, 1.54) is 11.3 Å². The highest BCUT2D eigenvalue weighted by Gasteiger charge is 2.30. The largest absolute Gasteiger partial charge is 0.472 e. The number of benzene rings is 1. The van der Waals surface area contributed by atoms with Crippen molar-refractivity contribution < 1.29 is 9.53 Å². The first-order valence-corrected chi connectivity index (χ1v) is 8.62. The minimum Gasteiger partial charge on any atom is -0.472 e. The Labute approximate surface area is 143 Å². The molecule has 3 heterocycles. The van der Waals surface area contributed by atoms with Gasteiger partial charge >= 0.3 is 0 Å². The van der Waals surface area contributed by atoms with E-state index in [0.29, 0.717) is 29.8 Å². The fourth-order valence-electron chi connectivity index (χ4n) is 2.78. The monoisotopic (exact) mass is 340 g/mol. The third-order valence-corrected chi connectivity index (χ3v) is 4.97. The third-order valence-electron chi connectivity index (χ3n) is 3.95. The van der Waals surface area contributed by atoms with Crippen molar-refractivity contribution in [2.75, 3.05) is 13.1 Å². The first-order chi connectivity index (χ1) is 11.7. The summed E-state index contributed by atoms with van der Waals surface area (Å²) in [5.74, 6) is 1.20. The number of aromatic nitrogens is 3. The minimum atomic E-state index is -0.0439. The summed E-state index contributed by atoms with van der Waals surface area (Å²) in [6.45, 7) is 3.05. The van der Waals surface area contributed by atoms with Crippen LogP contribution in [0.15, 0.2) is 36.5 Å². The van der Waals surface area contributed by atoms with Crippen LogP contribution in [-0.4, -0.2) is 45.0 Å². The number of hydrogen-bond acceptors (Lipinski definition) is 6. The van der Waals surface area contributed by atoms with Crippen molar-refractivity contribution in [3.8, 4) is 5.88 Å². The molecule has 0 unspecified atom stereocenters. The van der Waals surface area contributed by atoms with E-state index in [2.05, 4.69) is 15.0 Å². The highest BCUT2D eigenvalue weighted by atomic mass is 32.1. The van der Waals surface area contributed by atoms with Crippen LogP contribution in [0.4, 0.5) is 0 Å². The smallest absolute Gasteiger partial charge is 0.283 e. The number of carbonyl (C=O) groups excluding carboxylic acids is 1. The van der Waals surface area contributed by atoms with Gasteiger partial charge in [-0.2, -0.15) is 4.98 Å². The SMILES string of the molecule is Cc1nccc(O[C@@H]2CCN(C(=O)c3nc4ccccc4s3)C2)n1. The molecule has 0 spiro atoms. The number of thiazole rings is 1. The molecule has 3 aromatic rings. The summed E-state index contributed by atoms with van der Waals surface area (Å²) in [4.78, 5) is 27.2. The zero-order valence-electron chi connectivity index (χ0n) is 13.2. The fraction of sp³-hybridized carbons (Fsp3) is 0.294.